The van der Waals surface area contributed by atoms with Crippen molar-refractivity contribution in [2.24, 2.45) is 0 Å². The molecule has 2 aliphatic rings. The zero-order valence-corrected chi connectivity index (χ0v) is 20.0. The lowest BCUT2D eigenvalue weighted by Crippen LogP contribution is -2.70. The molecule has 17 heteroatoms. The Bertz CT molecular complexity index is 1300. The van der Waals surface area contributed by atoms with Crippen molar-refractivity contribution >= 4 is 51.4 Å². The Balaban J connectivity index is 1.46. The van der Waals surface area contributed by atoms with Crippen LogP contribution in [0, 0.1) is 0 Å². The van der Waals surface area contributed by atoms with Crippen molar-refractivity contribution in [3.8, 4) is 0 Å². The number of tetrazole rings is 1. The Hall–Kier alpha value is -2.99. The average Bonchev–Trinajstić information content (AvgIpc) is 3.25. The van der Waals surface area contributed by atoms with E-state index in [0.29, 0.717) is 11.1 Å². The van der Waals surface area contributed by atoms with Crippen molar-refractivity contribution < 1.29 is 37.6 Å². The van der Waals surface area contributed by atoms with Crippen LogP contribution < -0.4 is 5.32 Å². The molecule has 35 heavy (non-hydrogen) atoms. The second-order valence-corrected chi connectivity index (χ2v) is 10.9. The molecule has 1 saturated heterocycles. The molecule has 0 bridgehead atoms. The van der Waals surface area contributed by atoms with Gasteiger partial charge in [-0.1, -0.05) is 42.1 Å². The van der Waals surface area contributed by atoms with E-state index >= 15 is 0 Å². The summed E-state index contributed by atoms with van der Waals surface area (Å²) >= 11 is 2.17. The SMILES string of the molecule is O=C(O)C1=C(CSc2nnnn2CS(=O)(=O)O)CSC2C(NC(=O)C(O)c3ccccc3)C(=O)N12. The van der Waals surface area contributed by atoms with E-state index in [9.17, 15) is 33.0 Å². The van der Waals surface area contributed by atoms with Crippen LogP contribution in [0.3, 0.4) is 0 Å². The van der Waals surface area contributed by atoms with Crippen LogP contribution in [0.15, 0.2) is 46.8 Å². The number of amides is 2. The first-order valence-electron chi connectivity index (χ1n) is 9.84. The molecule has 0 saturated carbocycles. The number of hydrogen-bond acceptors (Lipinski definition) is 11. The van der Waals surface area contributed by atoms with Gasteiger partial charge in [0.05, 0.1) is 0 Å². The molecular formula is C18H18N6O8S3. The fourth-order valence-corrected chi connectivity index (χ4v) is 6.43. The summed E-state index contributed by atoms with van der Waals surface area (Å²) in [6, 6.07) is 7.17. The second kappa shape index (κ2) is 9.94. The smallest absolute Gasteiger partial charge is 0.352 e. The van der Waals surface area contributed by atoms with Gasteiger partial charge in [0.25, 0.3) is 21.9 Å². The van der Waals surface area contributed by atoms with Gasteiger partial charge in [-0.05, 0) is 21.6 Å². The number of carbonyl (C=O) groups is 3. The fourth-order valence-electron chi connectivity index (χ4n) is 3.50. The summed E-state index contributed by atoms with van der Waals surface area (Å²) in [5.41, 5.74) is 0.480. The number of hydrogen-bond donors (Lipinski definition) is 4. The number of aliphatic carboxylic acids is 1. The number of carbonyl (C=O) groups excluding carboxylic acids is 2. The van der Waals surface area contributed by atoms with Crippen LogP contribution in [0.1, 0.15) is 11.7 Å². The summed E-state index contributed by atoms with van der Waals surface area (Å²) in [7, 11) is -4.40. The maximum atomic E-state index is 12.8. The van der Waals surface area contributed by atoms with Crippen molar-refractivity contribution in [3.63, 3.8) is 0 Å². The Morgan fingerprint density at radius 2 is 2.00 bits per heavy atom. The van der Waals surface area contributed by atoms with Gasteiger partial charge in [-0.15, -0.1) is 16.9 Å². The Morgan fingerprint density at radius 3 is 2.66 bits per heavy atom. The molecular weight excluding hydrogens is 524 g/mol. The third-order valence-corrected chi connectivity index (χ3v) is 8.03. The maximum Gasteiger partial charge on any atom is 0.352 e. The second-order valence-electron chi connectivity index (χ2n) is 7.43. The lowest BCUT2D eigenvalue weighted by molar-refractivity contribution is -0.151. The molecule has 1 aromatic heterocycles. The zero-order chi connectivity index (χ0) is 25.3. The number of aliphatic hydroxyl groups excluding tert-OH is 1. The van der Waals surface area contributed by atoms with Crippen molar-refractivity contribution in [1.82, 2.24) is 30.4 Å². The number of nitrogens with zero attached hydrogens (tertiary/aromatic N) is 5. The molecule has 3 atom stereocenters. The molecule has 2 amide bonds. The minimum atomic E-state index is -4.40. The van der Waals surface area contributed by atoms with Crippen molar-refractivity contribution in [2.75, 3.05) is 11.5 Å². The van der Waals surface area contributed by atoms with Crippen LogP contribution in [0.4, 0.5) is 0 Å². The van der Waals surface area contributed by atoms with Crippen LogP contribution in [-0.4, -0.2) is 89.0 Å². The standard InChI is InChI=1S/C18H18N6O8S3/c25-13(9-4-2-1-3-5-9)14(26)19-11-15(27)24-12(17(28)29)10(6-33-16(11)24)7-34-18-20-21-22-23(18)8-35(30,31)32/h1-5,11,13,16,25H,6-8H2,(H,19,26)(H,28,29)(H,30,31,32). The third-order valence-electron chi connectivity index (χ3n) is 5.07. The van der Waals surface area contributed by atoms with Gasteiger partial charge in [-0.25, -0.2) is 9.48 Å². The van der Waals surface area contributed by atoms with Crippen molar-refractivity contribution in [2.45, 2.75) is 28.6 Å². The molecule has 3 heterocycles. The van der Waals surface area contributed by atoms with E-state index in [1.807, 2.05) is 0 Å². The van der Waals surface area contributed by atoms with Gasteiger partial charge >= 0.3 is 5.97 Å². The van der Waals surface area contributed by atoms with Crippen LogP contribution in [0.5, 0.6) is 0 Å². The van der Waals surface area contributed by atoms with Gasteiger partial charge < -0.3 is 15.5 Å². The van der Waals surface area contributed by atoms with Gasteiger partial charge in [-0.3, -0.25) is 19.0 Å². The highest BCUT2D eigenvalue weighted by Crippen LogP contribution is 2.41. The molecule has 4 rings (SSSR count). The van der Waals surface area contributed by atoms with Gasteiger partial charge in [-0.2, -0.15) is 8.42 Å². The fraction of sp³-hybridized carbons (Fsp3) is 0.333. The van der Waals surface area contributed by atoms with Crippen molar-refractivity contribution in [1.29, 1.82) is 0 Å². The topological polar surface area (TPSA) is 205 Å². The minimum absolute atomic E-state index is 0.0285. The van der Waals surface area contributed by atoms with Crippen LogP contribution in [0.25, 0.3) is 0 Å². The van der Waals surface area contributed by atoms with E-state index < -0.39 is 51.3 Å². The van der Waals surface area contributed by atoms with E-state index in [1.54, 1.807) is 30.3 Å². The molecule has 4 N–H and O–H groups in total. The van der Waals surface area contributed by atoms with Crippen LogP contribution in [-0.2, 0) is 30.4 Å². The van der Waals surface area contributed by atoms with E-state index in [0.717, 1.165) is 21.3 Å². The van der Waals surface area contributed by atoms with E-state index in [-0.39, 0.29) is 22.4 Å². The highest BCUT2D eigenvalue weighted by Gasteiger charge is 2.54. The monoisotopic (exact) mass is 542 g/mol. The molecule has 3 unspecified atom stereocenters. The lowest BCUT2D eigenvalue weighted by Gasteiger charge is -2.49. The number of aromatic nitrogens is 4. The Morgan fingerprint density at radius 1 is 1.29 bits per heavy atom. The first kappa shape index (κ1) is 25.1. The summed E-state index contributed by atoms with van der Waals surface area (Å²) in [4.78, 5) is 38.3. The van der Waals surface area contributed by atoms with Crippen LogP contribution in [0.2, 0.25) is 0 Å². The Labute approximate surface area is 206 Å². The molecule has 2 aliphatic heterocycles. The predicted molar refractivity (Wildman–Crippen MR) is 121 cm³/mol. The number of benzene rings is 1. The number of thioether (sulfide) groups is 2. The molecule has 0 aliphatic carbocycles. The number of nitrogens with one attached hydrogen (secondary N) is 1. The quantitative estimate of drug-likeness (QED) is 0.172. The van der Waals surface area contributed by atoms with E-state index in [4.69, 9.17) is 4.55 Å². The highest BCUT2D eigenvalue weighted by molar-refractivity contribution is 8.01. The zero-order valence-electron chi connectivity index (χ0n) is 17.6. The highest BCUT2D eigenvalue weighted by atomic mass is 32.2. The number of fused-ring (bicyclic) bond motifs is 1. The first-order chi connectivity index (χ1) is 16.6. The number of aliphatic hydroxyl groups is 1. The summed E-state index contributed by atoms with van der Waals surface area (Å²) in [6.07, 6.45) is -1.48. The molecule has 186 valence electrons. The number of rotatable bonds is 9. The van der Waals surface area contributed by atoms with Crippen molar-refractivity contribution in [3.05, 3.63) is 47.2 Å². The lowest BCUT2D eigenvalue weighted by atomic mass is 10.0. The summed E-state index contributed by atoms with van der Waals surface area (Å²) in [6.45, 7) is 0. The third kappa shape index (κ3) is 5.32. The Kier molecular flexibility index (Phi) is 7.13. The molecule has 0 spiro atoms. The molecule has 0 radical (unpaired) electrons. The van der Waals surface area contributed by atoms with Crippen LogP contribution >= 0.6 is 23.5 Å². The summed E-state index contributed by atoms with van der Waals surface area (Å²) in [5, 5.41) is 32.4. The average molecular weight is 543 g/mol. The predicted octanol–water partition coefficient (Wildman–Crippen LogP) is -0.917. The van der Waals surface area contributed by atoms with E-state index in [1.165, 1.54) is 11.8 Å². The molecule has 1 fully saturated rings. The first-order valence-corrected chi connectivity index (χ1v) is 13.5. The summed E-state index contributed by atoms with van der Waals surface area (Å²) in [5.74, 6) is -3.39. The number of carboxylic acid groups (broad SMARTS) is 1. The van der Waals surface area contributed by atoms with Gasteiger partial charge in [0.1, 0.15) is 17.1 Å². The van der Waals surface area contributed by atoms with Gasteiger partial charge in [0, 0.05) is 11.5 Å². The molecule has 1 aromatic carbocycles. The number of carboxylic acids is 1. The normalized spacial score (nSPS) is 20.7. The largest absolute Gasteiger partial charge is 0.477 e. The molecule has 14 nitrogen and oxygen atoms in total. The maximum absolute atomic E-state index is 12.8. The van der Waals surface area contributed by atoms with Gasteiger partial charge in [0.2, 0.25) is 5.16 Å². The number of β-lactam (4-membered cyclic amide) rings is 1. The van der Waals surface area contributed by atoms with E-state index in [2.05, 4.69) is 20.8 Å². The minimum Gasteiger partial charge on any atom is -0.477 e. The summed E-state index contributed by atoms with van der Waals surface area (Å²) < 4.78 is 32.0. The van der Waals surface area contributed by atoms with Gasteiger partial charge in [0.15, 0.2) is 12.0 Å². The molecule has 2 aromatic rings.